The summed E-state index contributed by atoms with van der Waals surface area (Å²) in [4.78, 5) is 35.3. The van der Waals surface area contributed by atoms with Crippen LogP contribution >= 0.6 is 22.6 Å². The predicted octanol–water partition coefficient (Wildman–Crippen LogP) is 2.25. The van der Waals surface area contributed by atoms with E-state index in [4.69, 9.17) is 9.52 Å². The highest BCUT2D eigenvalue weighted by molar-refractivity contribution is 14.1. The van der Waals surface area contributed by atoms with Gasteiger partial charge >= 0.3 is 5.97 Å². The predicted molar refractivity (Wildman–Crippen MR) is 98.6 cm³/mol. The molecule has 0 atom stereocenters. The van der Waals surface area contributed by atoms with Gasteiger partial charge in [-0.3, -0.25) is 14.4 Å². The first-order valence-corrected chi connectivity index (χ1v) is 8.36. The zero-order valence-corrected chi connectivity index (χ0v) is 15.1. The van der Waals surface area contributed by atoms with E-state index < -0.39 is 17.8 Å². The van der Waals surface area contributed by atoms with Crippen molar-refractivity contribution in [2.24, 2.45) is 0 Å². The van der Waals surface area contributed by atoms with E-state index in [2.05, 4.69) is 10.6 Å². The molecule has 0 bridgehead atoms. The van der Waals surface area contributed by atoms with Gasteiger partial charge in [0.05, 0.1) is 18.2 Å². The van der Waals surface area contributed by atoms with Crippen LogP contribution in [-0.4, -0.2) is 29.4 Å². The molecule has 7 nitrogen and oxygen atoms in total. The van der Waals surface area contributed by atoms with Crippen molar-refractivity contribution in [3.8, 4) is 0 Å². The number of benzene rings is 1. The molecule has 0 aliphatic heterocycles. The first-order valence-electron chi connectivity index (χ1n) is 7.28. The molecule has 2 rings (SSSR count). The maximum Gasteiger partial charge on any atom is 0.305 e. The number of rotatable bonds is 7. The SMILES string of the molecule is O=C(O)CCNC(=O)C(=Cc1ccco1)NC(=O)c1ccccc1I. The molecule has 0 aliphatic carbocycles. The van der Waals surface area contributed by atoms with Crippen LogP contribution in [0.4, 0.5) is 0 Å². The second-order valence-corrected chi connectivity index (χ2v) is 6.07. The Morgan fingerprint density at radius 2 is 1.92 bits per heavy atom. The lowest BCUT2D eigenvalue weighted by Gasteiger charge is -2.11. The number of carbonyl (C=O) groups excluding carboxylic acids is 2. The first-order chi connectivity index (χ1) is 12.0. The molecular weight excluding hydrogens is 439 g/mol. The van der Waals surface area contributed by atoms with Crippen LogP contribution in [0.1, 0.15) is 22.5 Å². The third-order valence-electron chi connectivity index (χ3n) is 3.07. The lowest BCUT2D eigenvalue weighted by Crippen LogP contribution is -2.36. The Labute approximate surface area is 157 Å². The Hall–Kier alpha value is -2.62. The quantitative estimate of drug-likeness (QED) is 0.440. The van der Waals surface area contributed by atoms with Crippen molar-refractivity contribution in [3.63, 3.8) is 0 Å². The van der Waals surface area contributed by atoms with Gasteiger partial charge < -0.3 is 20.2 Å². The molecule has 0 saturated heterocycles. The van der Waals surface area contributed by atoms with Gasteiger partial charge in [0.25, 0.3) is 11.8 Å². The number of furan rings is 1. The zero-order valence-electron chi connectivity index (χ0n) is 13.0. The molecule has 25 heavy (non-hydrogen) atoms. The normalized spacial score (nSPS) is 11.0. The number of nitrogens with one attached hydrogen (secondary N) is 2. The standard InChI is InChI=1S/C17H15IN2O5/c18-13-6-2-1-5-12(13)16(23)20-14(10-11-4-3-9-25-11)17(24)19-8-7-15(21)22/h1-6,9-10H,7-8H2,(H,19,24)(H,20,23)(H,21,22). The van der Waals surface area contributed by atoms with Gasteiger partial charge in [-0.2, -0.15) is 0 Å². The fourth-order valence-corrected chi connectivity index (χ4v) is 2.52. The summed E-state index contributed by atoms with van der Waals surface area (Å²) in [6.07, 6.45) is 2.60. The minimum Gasteiger partial charge on any atom is -0.481 e. The minimum atomic E-state index is -1.03. The first kappa shape index (κ1) is 18.7. The van der Waals surface area contributed by atoms with Crippen LogP contribution in [-0.2, 0) is 9.59 Å². The number of carboxylic acid groups (broad SMARTS) is 1. The maximum atomic E-state index is 12.4. The summed E-state index contributed by atoms with van der Waals surface area (Å²) < 4.78 is 5.90. The molecule has 3 N–H and O–H groups in total. The van der Waals surface area contributed by atoms with Crippen molar-refractivity contribution in [3.05, 3.63) is 63.3 Å². The number of amides is 2. The molecule has 1 aromatic carbocycles. The van der Waals surface area contributed by atoms with Gasteiger partial charge in [0.15, 0.2) is 0 Å². The molecule has 0 saturated carbocycles. The van der Waals surface area contributed by atoms with E-state index >= 15 is 0 Å². The second-order valence-electron chi connectivity index (χ2n) is 4.91. The van der Waals surface area contributed by atoms with Gasteiger partial charge in [-0.25, -0.2) is 0 Å². The molecule has 2 aromatic rings. The van der Waals surface area contributed by atoms with Crippen molar-refractivity contribution in [2.75, 3.05) is 6.54 Å². The van der Waals surface area contributed by atoms with E-state index in [9.17, 15) is 14.4 Å². The van der Waals surface area contributed by atoms with Gasteiger partial charge in [-0.15, -0.1) is 0 Å². The van der Waals surface area contributed by atoms with Gasteiger partial charge in [0.2, 0.25) is 0 Å². The second kappa shape index (κ2) is 9.02. The molecule has 8 heteroatoms. The molecule has 2 amide bonds. The van der Waals surface area contributed by atoms with Crippen LogP contribution in [0, 0.1) is 3.57 Å². The largest absolute Gasteiger partial charge is 0.481 e. The molecule has 130 valence electrons. The van der Waals surface area contributed by atoms with E-state index in [1.807, 2.05) is 22.6 Å². The van der Waals surface area contributed by atoms with Gasteiger partial charge in [-0.1, -0.05) is 12.1 Å². The smallest absolute Gasteiger partial charge is 0.305 e. The summed E-state index contributed by atoms with van der Waals surface area (Å²) in [7, 11) is 0. The highest BCUT2D eigenvalue weighted by Gasteiger charge is 2.16. The van der Waals surface area contributed by atoms with E-state index in [-0.39, 0.29) is 18.7 Å². The lowest BCUT2D eigenvalue weighted by atomic mass is 10.2. The summed E-state index contributed by atoms with van der Waals surface area (Å²) >= 11 is 2.03. The number of hydrogen-bond donors (Lipinski definition) is 3. The van der Waals surface area contributed by atoms with Crippen molar-refractivity contribution < 1.29 is 23.9 Å². The highest BCUT2D eigenvalue weighted by Crippen LogP contribution is 2.13. The molecule has 0 fully saturated rings. The summed E-state index contributed by atoms with van der Waals surface area (Å²) in [6, 6.07) is 10.2. The van der Waals surface area contributed by atoms with Crippen LogP contribution in [0.5, 0.6) is 0 Å². The molecule has 0 radical (unpaired) electrons. The summed E-state index contributed by atoms with van der Waals surface area (Å²) in [6.45, 7) is -0.0532. The van der Waals surface area contributed by atoms with Crippen LogP contribution in [0.3, 0.4) is 0 Å². The van der Waals surface area contributed by atoms with Crippen molar-refractivity contribution in [1.82, 2.24) is 10.6 Å². The average Bonchev–Trinajstić information content (AvgIpc) is 3.07. The van der Waals surface area contributed by atoms with Gasteiger partial charge in [0, 0.05) is 16.2 Å². The third kappa shape index (κ3) is 5.75. The number of carboxylic acids is 1. The Balaban J connectivity index is 2.17. The fraction of sp³-hybridized carbons (Fsp3) is 0.118. The Morgan fingerprint density at radius 1 is 1.16 bits per heavy atom. The highest BCUT2D eigenvalue weighted by atomic mass is 127. The van der Waals surface area contributed by atoms with Crippen molar-refractivity contribution in [2.45, 2.75) is 6.42 Å². The van der Waals surface area contributed by atoms with Crippen LogP contribution in [0.2, 0.25) is 0 Å². The van der Waals surface area contributed by atoms with E-state index in [0.29, 0.717) is 11.3 Å². The fourth-order valence-electron chi connectivity index (χ4n) is 1.89. The topological polar surface area (TPSA) is 109 Å². The average molecular weight is 454 g/mol. The Bertz CT molecular complexity index is 799. The molecule has 1 aromatic heterocycles. The van der Waals surface area contributed by atoms with Crippen LogP contribution in [0.15, 0.2) is 52.8 Å². The van der Waals surface area contributed by atoms with Gasteiger partial charge in [0.1, 0.15) is 11.5 Å². The molecule has 0 spiro atoms. The van der Waals surface area contributed by atoms with Crippen molar-refractivity contribution >= 4 is 46.5 Å². The van der Waals surface area contributed by atoms with E-state index in [1.54, 1.807) is 36.4 Å². The van der Waals surface area contributed by atoms with Crippen LogP contribution in [0.25, 0.3) is 6.08 Å². The maximum absolute atomic E-state index is 12.4. The number of aliphatic carboxylic acids is 1. The summed E-state index contributed by atoms with van der Waals surface area (Å²) in [5.41, 5.74) is 0.386. The Morgan fingerprint density at radius 3 is 2.56 bits per heavy atom. The number of halogens is 1. The summed E-state index contributed by atoms with van der Waals surface area (Å²) in [5, 5.41) is 13.6. The zero-order chi connectivity index (χ0) is 18.2. The minimum absolute atomic E-state index is 0.0370. The third-order valence-corrected chi connectivity index (χ3v) is 4.01. The van der Waals surface area contributed by atoms with E-state index in [0.717, 1.165) is 3.57 Å². The van der Waals surface area contributed by atoms with Gasteiger partial charge in [-0.05, 0) is 46.9 Å². The molecule has 0 aliphatic rings. The monoisotopic (exact) mass is 454 g/mol. The molecule has 0 unspecified atom stereocenters. The lowest BCUT2D eigenvalue weighted by molar-refractivity contribution is -0.136. The molecule has 1 heterocycles. The summed E-state index contributed by atoms with van der Waals surface area (Å²) in [5.74, 6) is -1.70. The Kier molecular flexibility index (Phi) is 6.75. The van der Waals surface area contributed by atoms with E-state index in [1.165, 1.54) is 12.3 Å². The van der Waals surface area contributed by atoms with Crippen LogP contribution < -0.4 is 10.6 Å². The number of carbonyl (C=O) groups is 3. The number of hydrogen-bond acceptors (Lipinski definition) is 4. The van der Waals surface area contributed by atoms with Crippen molar-refractivity contribution in [1.29, 1.82) is 0 Å². The molecular formula is C17H15IN2O5.